The maximum Gasteiger partial charge on any atom is 0.319 e. The Morgan fingerprint density at radius 3 is 2.31 bits per heavy atom. The SMILES string of the molecule is CNS(=O)(=O)Cc1ccc(CNC(=O)Nc2ccc(Oc3ccc(C)c(C)c3)nc2)cc1. The van der Waals surface area contributed by atoms with Crippen LogP contribution in [0.3, 0.4) is 0 Å². The summed E-state index contributed by atoms with van der Waals surface area (Å²) in [7, 11) is -1.93. The molecule has 1 aromatic heterocycles. The Labute approximate surface area is 188 Å². The van der Waals surface area contributed by atoms with E-state index in [-0.39, 0.29) is 11.8 Å². The van der Waals surface area contributed by atoms with Crippen LogP contribution in [0.5, 0.6) is 11.6 Å². The van der Waals surface area contributed by atoms with E-state index in [2.05, 4.69) is 20.3 Å². The van der Waals surface area contributed by atoms with E-state index >= 15 is 0 Å². The van der Waals surface area contributed by atoms with Crippen molar-refractivity contribution in [1.29, 1.82) is 0 Å². The van der Waals surface area contributed by atoms with Crippen molar-refractivity contribution in [2.75, 3.05) is 12.4 Å². The van der Waals surface area contributed by atoms with Gasteiger partial charge in [-0.15, -0.1) is 0 Å². The van der Waals surface area contributed by atoms with E-state index in [1.165, 1.54) is 18.8 Å². The highest BCUT2D eigenvalue weighted by Gasteiger charge is 2.09. The van der Waals surface area contributed by atoms with Gasteiger partial charge in [0.2, 0.25) is 15.9 Å². The molecule has 0 saturated carbocycles. The normalized spacial score (nSPS) is 11.1. The number of hydrogen-bond acceptors (Lipinski definition) is 5. The molecule has 0 saturated heterocycles. The minimum atomic E-state index is -3.32. The number of nitrogens with zero attached hydrogens (tertiary/aromatic N) is 1. The summed E-state index contributed by atoms with van der Waals surface area (Å²) in [6.07, 6.45) is 1.52. The zero-order valence-electron chi connectivity index (χ0n) is 18.2. The molecule has 0 unspecified atom stereocenters. The fraction of sp³-hybridized carbons (Fsp3) is 0.217. The van der Waals surface area contributed by atoms with Crippen LogP contribution >= 0.6 is 0 Å². The van der Waals surface area contributed by atoms with Gasteiger partial charge in [0.05, 0.1) is 17.6 Å². The number of benzene rings is 2. The van der Waals surface area contributed by atoms with Crippen LogP contribution in [-0.4, -0.2) is 26.5 Å². The van der Waals surface area contributed by atoms with Gasteiger partial charge in [-0.25, -0.2) is 22.9 Å². The predicted octanol–water partition coefficient (Wildman–Crippen LogP) is 3.86. The number of hydrogen-bond donors (Lipinski definition) is 3. The second-order valence-corrected chi connectivity index (χ2v) is 9.25. The molecule has 3 N–H and O–H groups in total. The van der Waals surface area contributed by atoms with E-state index in [0.29, 0.717) is 29.4 Å². The summed E-state index contributed by atoms with van der Waals surface area (Å²) in [5, 5.41) is 5.47. The van der Waals surface area contributed by atoms with Crippen molar-refractivity contribution in [3.8, 4) is 11.6 Å². The number of aromatic nitrogens is 1. The number of ether oxygens (including phenoxy) is 1. The fourth-order valence-corrected chi connectivity index (χ4v) is 3.59. The standard InChI is InChI=1S/C23H26N4O4S/c1-16-4-10-21(12-17(16)2)31-22-11-9-20(14-25-22)27-23(28)26-13-18-5-7-19(8-6-18)15-32(29,30)24-3/h4-12,14,24H,13,15H2,1-3H3,(H2,26,27,28). The van der Waals surface area contributed by atoms with Crippen molar-refractivity contribution in [1.82, 2.24) is 15.0 Å². The van der Waals surface area contributed by atoms with Gasteiger partial charge in [-0.3, -0.25) is 0 Å². The molecule has 0 spiro atoms. The van der Waals surface area contributed by atoms with Crippen molar-refractivity contribution in [2.45, 2.75) is 26.1 Å². The van der Waals surface area contributed by atoms with E-state index in [0.717, 1.165) is 11.1 Å². The van der Waals surface area contributed by atoms with Crippen LogP contribution in [0.4, 0.5) is 10.5 Å². The number of nitrogens with one attached hydrogen (secondary N) is 3. The highest BCUT2D eigenvalue weighted by Crippen LogP contribution is 2.23. The molecular weight excluding hydrogens is 428 g/mol. The molecule has 168 valence electrons. The molecule has 0 fully saturated rings. The lowest BCUT2D eigenvalue weighted by Gasteiger charge is -2.10. The van der Waals surface area contributed by atoms with Crippen LogP contribution < -0.4 is 20.1 Å². The summed E-state index contributed by atoms with van der Waals surface area (Å²) in [6.45, 7) is 4.35. The molecule has 9 heteroatoms. The van der Waals surface area contributed by atoms with Crippen LogP contribution in [0.2, 0.25) is 0 Å². The van der Waals surface area contributed by atoms with Gasteiger partial charge >= 0.3 is 6.03 Å². The first-order valence-electron chi connectivity index (χ1n) is 9.99. The summed E-state index contributed by atoms with van der Waals surface area (Å²) in [4.78, 5) is 16.4. The van der Waals surface area contributed by atoms with Gasteiger partial charge in [0, 0.05) is 12.6 Å². The van der Waals surface area contributed by atoms with Crippen molar-refractivity contribution in [2.24, 2.45) is 0 Å². The third-order valence-electron chi connectivity index (χ3n) is 4.84. The number of aryl methyl sites for hydroxylation is 2. The molecule has 3 rings (SSSR count). The first-order valence-corrected chi connectivity index (χ1v) is 11.6. The average Bonchev–Trinajstić information content (AvgIpc) is 2.77. The highest BCUT2D eigenvalue weighted by atomic mass is 32.2. The number of carbonyl (C=O) groups excluding carboxylic acids is 1. The Hall–Kier alpha value is -3.43. The summed E-state index contributed by atoms with van der Waals surface area (Å²) >= 11 is 0. The van der Waals surface area contributed by atoms with E-state index < -0.39 is 10.0 Å². The molecule has 0 bridgehead atoms. The molecule has 2 amide bonds. The van der Waals surface area contributed by atoms with Gasteiger partial charge in [-0.05, 0) is 61.3 Å². The van der Waals surface area contributed by atoms with Gasteiger partial charge in [0.25, 0.3) is 0 Å². The average molecular weight is 455 g/mol. The lowest BCUT2D eigenvalue weighted by Crippen LogP contribution is -2.28. The molecule has 2 aromatic carbocycles. The van der Waals surface area contributed by atoms with E-state index in [1.807, 2.05) is 32.0 Å². The summed E-state index contributed by atoms with van der Waals surface area (Å²) in [6, 6.07) is 15.8. The second kappa shape index (κ2) is 10.3. The number of rotatable bonds is 8. The Balaban J connectivity index is 1.49. The minimum absolute atomic E-state index is 0.0894. The summed E-state index contributed by atoms with van der Waals surface area (Å²) in [5.41, 5.74) is 4.37. The molecule has 32 heavy (non-hydrogen) atoms. The maximum atomic E-state index is 12.2. The van der Waals surface area contributed by atoms with Crippen LogP contribution in [0.25, 0.3) is 0 Å². The maximum absolute atomic E-state index is 12.2. The van der Waals surface area contributed by atoms with Crippen molar-refractivity contribution in [3.63, 3.8) is 0 Å². The molecule has 3 aromatic rings. The van der Waals surface area contributed by atoms with Crippen LogP contribution in [0.1, 0.15) is 22.3 Å². The lowest BCUT2D eigenvalue weighted by atomic mass is 10.1. The molecule has 0 radical (unpaired) electrons. The second-order valence-electron chi connectivity index (χ2n) is 7.32. The number of pyridine rings is 1. The van der Waals surface area contributed by atoms with Crippen LogP contribution in [-0.2, 0) is 22.3 Å². The van der Waals surface area contributed by atoms with Crippen LogP contribution in [0, 0.1) is 13.8 Å². The third kappa shape index (κ3) is 6.79. The summed E-state index contributed by atoms with van der Waals surface area (Å²) in [5.74, 6) is 1.04. The molecular formula is C23H26N4O4S. The molecule has 0 aliphatic carbocycles. The quantitative estimate of drug-likeness (QED) is 0.479. The monoisotopic (exact) mass is 454 g/mol. The minimum Gasteiger partial charge on any atom is -0.439 e. The highest BCUT2D eigenvalue weighted by molar-refractivity contribution is 7.88. The number of sulfonamides is 1. The van der Waals surface area contributed by atoms with Gasteiger partial charge in [-0.1, -0.05) is 30.3 Å². The summed E-state index contributed by atoms with van der Waals surface area (Å²) < 4.78 is 31.2. The van der Waals surface area contributed by atoms with E-state index in [9.17, 15) is 13.2 Å². The first-order chi connectivity index (χ1) is 15.2. The largest absolute Gasteiger partial charge is 0.439 e. The van der Waals surface area contributed by atoms with E-state index in [4.69, 9.17) is 4.74 Å². The topological polar surface area (TPSA) is 109 Å². The van der Waals surface area contributed by atoms with Crippen molar-refractivity contribution < 1.29 is 17.9 Å². The number of anilines is 1. The van der Waals surface area contributed by atoms with Gasteiger partial charge in [-0.2, -0.15) is 0 Å². The Morgan fingerprint density at radius 2 is 1.69 bits per heavy atom. The van der Waals surface area contributed by atoms with Gasteiger partial charge in [0.1, 0.15) is 5.75 Å². The first kappa shape index (κ1) is 23.2. The lowest BCUT2D eigenvalue weighted by molar-refractivity contribution is 0.251. The fourth-order valence-electron chi connectivity index (χ4n) is 2.82. The van der Waals surface area contributed by atoms with E-state index in [1.54, 1.807) is 36.4 Å². The third-order valence-corrected chi connectivity index (χ3v) is 6.17. The molecule has 0 aliphatic rings. The van der Waals surface area contributed by atoms with Crippen molar-refractivity contribution >= 4 is 21.7 Å². The number of carbonyl (C=O) groups is 1. The number of urea groups is 1. The molecule has 0 aliphatic heterocycles. The Bertz CT molecular complexity index is 1180. The van der Waals surface area contributed by atoms with Gasteiger partial charge < -0.3 is 15.4 Å². The molecule has 0 atom stereocenters. The Morgan fingerprint density at radius 1 is 0.969 bits per heavy atom. The van der Waals surface area contributed by atoms with Crippen molar-refractivity contribution in [3.05, 3.63) is 83.0 Å². The van der Waals surface area contributed by atoms with Crippen LogP contribution in [0.15, 0.2) is 60.8 Å². The molecule has 1 heterocycles. The predicted molar refractivity (Wildman–Crippen MR) is 124 cm³/mol. The molecule has 8 nitrogen and oxygen atoms in total. The Kier molecular flexibility index (Phi) is 7.45. The zero-order valence-corrected chi connectivity index (χ0v) is 19.0. The zero-order chi connectivity index (χ0) is 23.1. The van der Waals surface area contributed by atoms with Gasteiger partial charge in [0.15, 0.2) is 0 Å². The smallest absolute Gasteiger partial charge is 0.319 e. The number of amides is 2.